The third-order valence-corrected chi connectivity index (χ3v) is 3.39. The highest BCUT2D eigenvalue weighted by Crippen LogP contribution is 2.27. The average Bonchev–Trinajstić information content (AvgIpc) is 2.38. The molecule has 1 aromatic carbocycles. The summed E-state index contributed by atoms with van der Waals surface area (Å²) in [5.41, 5.74) is 8.45. The summed E-state index contributed by atoms with van der Waals surface area (Å²) in [6.45, 7) is 4.49. The van der Waals surface area contributed by atoms with Gasteiger partial charge in [-0.25, -0.2) is 0 Å². The second kappa shape index (κ2) is 6.07. The molecule has 0 radical (unpaired) electrons. The molecule has 0 saturated carbocycles. The van der Waals surface area contributed by atoms with Crippen molar-refractivity contribution in [1.82, 2.24) is 0 Å². The Labute approximate surface area is 109 Å². The lowest BCUT2D eigenvalue weighted by Crippen LogP contribution is -2.39. The quantitative estimate of drug-likeness (QED) is 0.829. The summed E-state index contributed by atoms with van der Waals surface area (Å²) in [7, 11) is 1.62. The molecule has 4 nitrogen and oxygen atoms in total. The summed E-state index contributed by atoms with van der Waals surface area (Å²) < 4.78 is 10.3. The first-order chi connectivity index (χ1) is 8.70. The van der Waals surface area contributed by atoms with E-state index in [0.717, 1.165) is 31.7 Å². The minimum Gasteiger partial charge on any atom is -0.468 e. The van der Waals surface area contributed by atoms with E-state index in [1.165, 1.54) is 11.3 Å². The number of methoxy groups -OCH3 is 1. The van der Waals surface area contributed by atoms with Crippen molar-refractivity contribution in [2.45, 2.75) is 25.8 Å². The molecular formula is C14H22N2O2. The van der Waals surface area contributed by atoms with Crippen LogP contribution >= 0.6 is 0 Å². The molecule has 0 atom stereocenters. The van der Waals surface area contributed by atoms with Gasteiger partial charge < -0.3 is 20.1 Å². The molecule has 1 heterocycles. The predicted molar refractivity (Wildman–Crippen MR) is 73.1 cm³/mol. The standard InChI is InChI=1S/C14H22N2O2/c1-11-9-13(18-10-17-2)3-4-14(11)16-7-5-12(15)6-8-16/h3-4,9,12H,5-8,10,15H2,1-2H3. The number of ether oxygens (including phenoxy) is 2. The fourth-order valence-corrected chi connectivity index (χ4v) is 2.34. The lowest BCUT2D eigenvalue weighted by molar-refractivity contribution is 0.0511. The van der Waals surface area contributed by atoms with Crippen LogP contribution < -0.4 is 15.4 Å². The Morgan fingerprint density at radius 1 is 1.33 bits per heavy atom. The fourth-order valence-electron chi connectivity index (χ4n) is 2.34. The normalized spacial score (nSPS) is 16.9. The lowest BCUT2D eigenvalue weighted by Gasteiger charge is -2.33. The summed E-state index contributed by atoms with van der Waals surface area (Å²) in [6.07, 6.45) is 2.14. The van der Waals surface area contributed by atoms with Crippen LogP contribution in [0.3, 0.4) is 0 Å². The number of benzene rings is 1. The highest BCUT2D eigenvalue weighted by Gasteiger charge is 2.17. The molecule has 0 aromatic heterocycles. The third kappa shape index (κ3) is 3.15. The van der Waals surface area contributed by atoms with Gasteiger partial charge in [0.05, 0.1) is 0 Å². The average molecular weight is 250 g/mol. The van der Waals surface area contributed by atoms with Crippen molar-refractivity contribution in [3.05, 3.63) is 23.8 Å². The van der Waals surface area contributed by atoms with E-state index < -0.39 is 0 Å². The predicted octanol–water partition coefficient (Wildman–Crippen LogP) is 1.91. The van der Waals surface area contributed by atoms with Gasteiger partial charge in [0, 0.05) is 31.9 Å². The number of nitrogens with zero attached hydrogens (tertiary/aromatic N) is 1. The number of hydrogen-bond donors (Lipinski definition) is 1. The zero-order valence-electron chi connectivity index (χ0n) is 11.2. The first-order valence-electron chi connectivity index (χ1n) is 6.43. The smallest absolute Gasteiger partial charge is 0.188 e. The molecule has 1 fully saturated rings. The van der Waals surface area contributed by atoms with Crippen LogP contribution in [-0.2, 0) is 4.74 Å². The Morgan fingerprint density at radius 3 is 2.67 bits per heavy atom. The Hall–Kier alpha value is -1.26. The maximum Gasteiger partial charge on any atom is 0.188 e. The Balaban J connectivity index is 2.05. The van der Waals surface area contributed by atoms with Gasteiger partial charge in [-0.2, -0.15) is 0 Å². The Bertz CT molecular complexity index is 387. The van der Waals surface area contributed by atoms with E-state index in [9.17, 15) is 0 Å². The van der Waals surface area contributed by atoms with Crippen molar-refractivity contribution in [3.63, 3.8) is 0 Å². The van der Waals surface area contributed by atoms with Crippen molar-refractivity contribution < 1.29 is 9.47 Å². The highest BCUT2D eigenvalue weighted by atomic mass is 16.7. The number of hydrogen-bond acceptors (Lipinski definition) is 4. The van der Waals surface area contributed by atoms with Crippen molar-refractivity contribution in [2.24, 2.45) is 5.73 Å². The largest absolute Gasteiger partial charge is 0.468 e. The van der Waals surface area contributed by atoms with E-state index in [2.05, 4.69) is 24.0 Å². The number of rotatable bonds is 4. The molecule has 0 amide bonds. The van der Waals surface area contributed by atoms with Gasteiger partial charge in [-0.3, -0.25) is 0 Å². The van der Waals surface area contributed by atoms with Crippen LogP contribution in [0, 0.1) is 6.92 Å². The zero-order valence-corrected chi connectivity index (χ0v) is 11.2. The van der Waals surface area contributed by atoms with Crippen molar-refractivity contribution in [1.29, 1.82) is 0 Å². The van der Waals surface area contributed by atoms with Gasteiger partial charge in [0.2, 0.25) is 0 Å². The van der Waals surface area contributed by atoms with Crippen LogP contribution in [-0.4, -0.2) is 33.0 Å². The molecule has 1 aliphatic rings. The summed E-state index contributed by atoms with van der Waals surface area (Å²) in [6, 6.07) is 6.54. The molecule has 18 heavy (non-hydrogen) atoms. The van der Waals surface area contributed by atoms with Crippen molar-refractivity contribution in [2.75, 3.05) is 31.9 Å². The van der Waals surface area contributed by atoms with Gasteiger partial charge >= 0.3 is 0 Å². The first kappa shape index (κ1) is 13.2. The third-order valence-electron chi connectivity index (χ3n) is 3.39. The molecular weight excluding hydrogens is 228 g/mol. The molecule has 0 unspecified atom stereocenters. The second-order valence-corrected chi connectivity index (χ2v) is 4.82. The van der Waals surface area contributed by atoms with Crippen LogP contribution in [0.2, 0.25) is 0 Å². The number of anilines is 1. The summed E-state index contributed by atoms with van der Waals surface area (Å²) in [5.74, 6) is 0.854. The maximum atomic E-state index is 5.93. The molecule has 0 aliphatic carbocycles. The number of piperidine rings is 1. The van der Waals surface area contributed by atoms with Gasteiger partial charge in [-0.15, -0.1) is 0 Å². The van der Waals surface area contributed by atoms with E-state index in [1.54, 1.807) is 7.11 Å². The molecule has 1 saturated heterocycles. The Kier molecular flexibility index (Phi) is 4.44. The monoisotopic (exact) mass is 250 g/mol. The molecule has 1 aliphatic heterocycles. The first-order valence-corrected chi connectivity index (χ1v) is 6.43. The van der Waals surface area contributed by atoms with Gasteiger partial charge in [0.15, 0.2) is 6.79 Å². The number of aryl methyl sites for hydroxylation is 1. The lowest BCUT2D eigenvalue weighted by atomic mass is 10.0. The van der Waals surface area contributed by atoms with Crippen molar-refractivity contribution >= 4 is 5.69 Å². The van der Waals surface area contributed by atoms with Gasteiger partial charge in [-0.1, -0.05) is 0 Å². The summed E-state index contributed by atoms with van der Waals surface area (Å²) in [4.78, 5) is 2.40. The molecule has 100 valence electrons. The minimum absolute atomic E-state index is 0.289. The SMILES string of the molecule is COCOc1ccc(N2CCC(N)CC2)c(C)c1. The van der Waals surface area contributed by atoms with Crippen molar-refractivity contribution in [3.8, 4) is 5.75 Å². The van der Waals surface area contributed by atoms with Crippen LogP contribution in [0.1, 0.15) is 18.4 Å². The van der Waals surface area contributed by atoms with E-state index in [1.807, 2.05) is 6.07 Å². The molecule has 0 bridgehead atoms. The summed E-state index contributed by atoms with van der Waals surface area (Å²) in [5, 5.41) is 0. The van der Waals surface area contributed by atoms with Crippen LogP contribution in [0.25, 0.3) is 0 Å². The van der Waals surface area contributed by atoms with E-state index >= 15 is 0 Å². The fraction of sp³-hybridized carbons (Fsp3) is 0.571. The minimum atomic E-state index is 0.289. The molecule has 2 rings (SSSR count). The second-order valence-electron chi connectivity index (χ2n) is 4.82. The van der Waals surface area contributed by atoms with E-state index in [0.29, 0.717) is 6.04 Å². The highest BCUT2D eigenvalue weighted by molar-refractivity contribution is 5.56. The number of nitrogens with two attached hydrogens (primary N) is 1. The van der Waals surface area contributed by atoms with Crippen LogP contribution in [0.4, 0.5) is 5.69 Å². The topological polar surface area (TPSA) is 47.7 Å². The summed E-state index contributed by atoms with van der Waals surface area (Å²) >= 11 is 0. The molecule has 2 N–H and O–H groups in total. The molecule has 0 spiro atoms. The van der Waals surface area contributed by atoms with Crippen LogP contribution in [0.5, 0.6) is 5.75 Å². The van der Waals surface area contributed by atoms with Crippen LogP contribution in [0.15, 0.2) is 18.2 Å². The van der Waals surface area contributed by atoms with Gasteiger partial charge in [-0.05, 0) is 43.5 Å². The van der Waals surface area contributed by atoms with E-state index in [4.69, 9.17) is 15.2 Å². The van der Waals surface area contributed by atoms with Gasteiger partial charge in [0.1, 0.15) is 5.75 Å². The zero-order chi connectivity index (χ0) is 13.0. The molecule has 4 heteroatoms. The molecule has 1 aromatic rings. The maximum absolute atomic E-state index is 5.93. The van der Waals surface area contributed by atoms with E-state index in [-0.39, 0.29) is 6.79 Å². The van der Waals surface area contributed by atoms with Gasteiger partial charge in [0.25, 0.3) is 0 Å². The Morgan fingerprint density at radius 2 is 2.06 bits per heavy atom.